The van der Waals surface area contributed by atoms with E-state index in [4.69, 9.17) is 4.84 Å². The van der Waals surface area contributed by atoms with Crippen molar-refractivity contribution < 1.29 is 14.7 Å². The Hall–Kier alpha value is -3.20. The molecule has 2 N–H and O–H groups in total. The van der Waals surface area contributed by atoms with Crippen molar-refractivity contribution in [1.82, 2.24) is 14.5 Å². The molecule has 9 heteroatoms. The number of aryl methyl sites for hydroxylation is 1. The van der Waals surface area contributed by atoms with E-state index in [-0.39, 0.29) is 36.6 Å². The summed E-state index contributed by atoms with van der Waals surface area (Å²) in [5.74, 6) is -0.398. The van der Waals surface area contributed by atoms with Crippen LogP contribution in [0, 0.1) is 5.92 Å². The molecule has 1 unspecified atom stereocenters. The molecular weight excluding hydrogens is 448 g/mol. The highest BCUT2D eigenvalue weighted by Gasteiger charge is 2.20. The van der Waals surface area contributed by atoms with Crippen molar-refractivity contribution in [3.63, 3.8) is 0 Å². The summed E-state index contributed by atoms with van der Waals surface area (Å²) in [5, 5.41) is 17.8. The lowest BCUT2D eigenvalue weighted by atomic mass is 10.0. The van der Waals surface area contributed by atoms with E-state index in [0.29, 0.717) is 5.71 Å². The van der Waals surface area contributed by atoms with Gasteiger partial charge in [0, 0.05) is 18.2 Å². The molecule has 1 heterocycles. The first-order chi connectivity index (χ1) is 16.5. The Kier molecular flexibility index (Phi) is 10.0. The van der Waals surface area contributed by atoms with Gasteiger partial charge >= 0.3 is 5.69 Å². The Morgan fingerprint density at radius 2 is 1.77 bits per heavy atom. The van der Waals surface area contributed by atoms with Gasteiger partial charge in [0.25, 0.3) is 5.56 Å². The number of nitrogens with one attached hydrogen (secondary N) is 1. The van der Waals surface area contributed by atoms with Crippen molar-refractivity contribution >= 4 is 11.6 Å². The number of aliphatic hydroxyl groups excluding tert-OH is 1. The van der Waals surface area contributed by atoms with Crippen molar-refractivity contribution in [2.75, 3.05) is 0 Å². The van der Waals surface area contributed by atoms with Crippen LogP contribution in [0.3, 0.4) is 0 Å². The Morgan fingerprint density at radius 3 is 2.37 bits per heavy atom. The summed E-state index contributed by atoms with van der Waals surface area (Å²) in [5.41, 5.74) is 1.10. The fourth-order valence-corrected chi connectivity index (χ4v) is 3.62. The van der Waals surface area contributed by atoms with Crippen molar-refractivity contribution in [3.05, 3.63) is 68.0 Å². The zero-order valence-electron chi connectivity index (χ0n) is 21.7. The summed E-state index contributed by atoms with van der Waals surface area (Å²) in [4.78, 5) is 44.0. The highest BCUT2D eigenvalue weighted by atomic mass is 16.6. The Bertz CT molecular complexity index is 1160. The third kappa shape index (κ3) is 7.39. The van der Waals surface area contributed by atoms with E-state index in [1.54, 1.807) is 27.7 Å². The lowest BCUT2D eigenvalue weighted by molar-refractivity contribution is -0.124. The second-order valence-corrected chi connectivity index (χ2v) is 9.36. The number of rotatable bonds is 11. The normalized spacial score (nSPS) is 13.7. The van der Waals surface area contributed by atoms with Crippen LogP contribution in [0.15, 0.2) is 45.2 Å². The van der Waals surface area contributed by atoms with Crippen molar-refractivity contribution in [3.8, 4) is 0 Å². The molecule has 0 bridgehead atoms. The fourth-order valence-electron chi connectivity index (χ4n) is 3.62. The van der Waals surface area contributed by atoms with Crippen LogP contribution in [-0.4, -0.2) is 38.0 Å². The molecule has 0 fully saturated rings. The molecule has 2 rings (SSSR count). The molecule has 0 saturated heterocycles. The van der Waals surface area contributed by atoms with Crippen molar-refractivity contribution in [2.45, 2.75) is 86.2 Å². The van der Waals surface area contributed by atoms with Crippen molar-refractivity contribution in [1.29, 1.82) is 0 Å². The van der Waals surface area contributed by atoms with Crippen LogP contribution in [-0.2, 0) is 29.1 Å². The number of hydrogen-bond acceptors (Lipinski definition) is 6. The SMILES string of the molecule is CCc1ccccc1C(O)Cn1cc(/C(C)=N/OC(C)C)c(=O)n(C[C@H](C)NC(=O)C(C)C)c1=O. The molecule has 1 amide bonds. The summed E-state index contributed by atoms with van der Waals surface area (Å²) < 4.78 is 2.40. The largest absolute Gasteiger partial charge is 0.393 e. The maximum atomic E-state index is 13.3. The molecule has 0 aliphatic heterocycles. The maximum absolute atomic E-state index is 13.3. The van der Waals surface area contributed by atoms with Gasteiger partial charge < -0.3 is 15.3 Å². The number of aromatic nitrogens is 2. The lowest BCUT2D eigenvalue weighted by Gasteiger charge is -2.20. The van der Waals surface area contributed by atoms with Crippen LogP contribution in [0.4, 0.5) is 0 Å². The molecule has 0 radical (unpaired) electrons. The van der Waals surface area contributed by atoms with Gasteiger partial charge in [-0.15, -0.1) is 0 Å². The van der Waals surface area contributed by atoms with Gasteiger partial charge in [0.1, 0.15) is 6.10 Å². The minimum absolute atomic E-state index is 0.0239. The van der Waals surface area contributed by atoms with Gasteiger partial charge in [-0.2, -0.15) is 0 Å². The number of hydrogen-bond donors (Lipinski definition) is 2. The third-order valence-electron chi connectivity index (χ3n) is 5.56. The smallest absolute Gasteiger partial charge is 0.331 e. The number of nitrogens with zero attached hydrogens (tertiary/aromatic N) is 3. The van der Waals surface area contributed by atoms with E-state index >= 15 is 0 Å². The quantitative estimate of drug-likeness (QED) is 0.374. The molecular formula is C26H38N4O5. The first-order valence-electron chi connectivity index (χ1n) is 12.1. The first-order valence-corrected chi connectivity index (χ1v) is 12.1. The second-order valence-electron chi connectivity index (χ2n) is 9.36. The Morgan fingerprint density at radius 1 is 1.11 bits per heavy atom. The summed E-state index contributed by atoms with van der Waals surface area (Å²) >= 11 is 0. The first kappa shape index (κ1) is 28.0. The minimum Gasteiger partial charge on any atom is -0.393 e. The van der Waals surface area contributed by atoms with Gasteiger partial charge in [0.2, 0.25) is 5.91 Å². The number of oxime groups is 1. The highest BCUT2D eigenvalue weighted by molar-refractivity contribution is 5.97. The molecule has 0 saturated carbocycles. The monoisotopic (exact) mass is 486 g/mol. The van der Waals surface area contributed by atoms with E-state index in [1.165, 1.54) is 10.8 Å². The van der Waals surface area contributed by atoms with Crippen LogP contribution in [0.2, 0.25) is 0 Å². The summed E-state index contributed by atoms with van der Waals surface area (Å²) in [6.45, 7) is 12.5. The number of amides is 1. The van der Waals surface area contributed by atoms with Gasteiger partial charge in [0.05, 0.1) is 30.5 Å². The van der Waals surface area contributed by atoms with E-state index in [1.807, 2.05) is 45.0 Å². The number of carbonyl (C=O) groups is 1. The van der Waals surface area contributed by atoms with Crippen LogP contribution >= 0.6 is 0 Å². The summed E-state index contributed by atoms with van der Waals surface area (Å²) in [6.07, 6.45) is 1.01. The van der Waals surface area contributed by atoms with Crippen LogP contribution in [0.25, 0.3) is 0 Å². The predicted octanol–water partition coefficient (Wildman–Crippen LogP) is 2.62. The average molecular weight is 487 g/mol. The van der Waals surface area contributed by atoms with Crippen LogP contribution < -0.4 is 16.6 Å². The molecule has 1 aromatic carbocycles. The summed E-state index contributed by atoms with van der Waals surface area (Å²) in [6, 6.07) is 7.05. The van der Waals surface area contributed by atoms with Gasteiger partial charge in [-0.25, -0.2) is 4.79 Å². The highest BCUT2D eigenvalue weighted by Crippen LogP contribution is 2.20. The lowest BCUT2D eigenvalue weighted by Crippen LogP contribution is -2.48. The van der Waals surface area contributed by atoms with Crippen LogP contribution in [0.1, 0.15) is 71.3 Å². The van der Waals surface area contributed by atoms with E-state index in [9.17, 15) is 19.5 Å². The average Bonchev–Trinajstić information content (AvgIpc) is 2.81. The second kappa shape index (κ2) is 12.5. The van der Waals surface area contributed by atoms with Gasteiger partial charge in [-0.1, -0.05) is 50.2 Å². The molecule has 2 aromatic rings. The zero-order chi connectivity index (χ0) is 26.3. The topological polar surface area (TPSA) is 115 Å². The van der Waals surface area contributed by atoms with Gasteiger partial charge in [-0.3, -0.25) is 18.7 Å². The number of benzene rings is 1. The molecule has 2 atom stereocenters. The standard InChI is InChI=1S/C26H38N4O5/c1-8-20-11-9-10-12-21(20)23(31)15-29-14-22(19(7)28-35-17(4)5)25(33)30(26(29)34)13-18(6)27-24(32)16(2)3/h9-12,14,16-18,23,31H,8,13,15H2,1-7H3,(H,27,32)/b28-19+/t18-,23?/m0/s1. The molecule has 0 aliphatic rings. The van der Waals surface area contributed by atoms with Crippen molar-refractivity contribution in [2.24, 2.45) is 11.1 Å². The molecule has 0 spiro atoms. The molecule has 0 aliphatic carbocycles. The van der Waals surface area contributed by atoms with E-state index < -0.39 is 23.4 Å². The number of carbonyl (C=O) groups excluding carboxylic acids is 1. The summed E-state index contributed by atoms with van der Waals surface area (Å²) in [7, 11) is 0. The Balaban J connectivity index is 2.54. The molecule has 192 valence electrons. The molecule has 1 aromatic heterocycles. The van der Waals surface area contributed by atoms with E-state index in [0.717, 1.165) is 22.1 Å². The Labute approximate surface area is 206 Å². The molecule has 35 heavy (non-hydrogen) atoms. The fraction of sp³-hybridized carbons (Fsp3) is 0.538. The van der Waals surface area contributed by atoms with Gasteiger partial charge in [-0.05, 0) is 45.2 Å². The van der Waals surface area contributed by atoms with Crippen LogP contribution in [0.5, 0.6) is 0 Å². The van der Waals surface area contributed by atoms with Gasteiger partial charge in [0.15, 0.2) is 0 Å². The minimum atomic E-state index is -0.954. The molecule has 9 nitrogen and oxygen atoms in total. The maximum Gasteiger partial charge on any atom is 0.331 e. The zero-order valence-corrected chi connectivity index (χ0v) is 21.7. The number of aliphatic hydroxyl groups is 1. The van der Waals surface area contributed by atoms with E-state index in [2.05, 4.69) is 10.5 Å². The predicted molar refractivity (Wildman–Crippen MR) is 137 cm³/mol. The third-order valence-corrected chi connectivity index (χ3v) is 5.56.